The Morgan fingerprint density at radius 2 is 1.00 bits per heavy atom. The van der Waals surface area contributed by atoms with Gasteiger partial charge < -0.3 is 10.2 Å². The van der Waals surface area contributed by atoms with E-state index in [4.69, 9.17) is 10.2 Å². The van der Waals surface area contributed by atoms with E-state index in [2.05, 4.69) is 0 Å². The smallest absolute Gasteiger partial charge is 0.336 e. The maximum atomic E-state index is 10.4. The second-order valence-corrected chi connectivity index (χ2v) is 4.02. The van der Waals surface area contributed by atoms with E-state index in [0.29, 0.717) is 12.6 Å². The Bertz CT molecular complexity index is 644. The lowest BCUT2D eigenvalue weighted by Crippen LogP contribution is -2.00. The summed E-state index contributed by atoms with van der Waals surface area (Å²) < 4.78 is 0. The molecule has 22 heavy (non-hydrogen) atoms. The highest BCUT2D eigenvalue weighted by Gasteiger charge is 2.07. The van der Waals surface area contributed by atoms with Crippen LogP contribution in [0, 0.1) is 0 Å². The maximum absolute atomic E-state index is 10.4. The van der Waals surface area contributed by atoms with Gasteiger partial charge >= 0.3 is 11.9 Å². The molecule has 6 nitrogen and oxygen atoms in total. The predicted molar refractivity (Wildman–Crippen MR) is 77.6 cm³/mol. The fourth-order valence-corrected chi connectivity index (χ4v) is 1.59. The van der Waals surface area contributed by atoms with Gasteiger partial charge in [-0.25, -0.2) is 9.59 Å². The van der Waals surface area contributed by atoms with Crippen LogP contribution >= 0.6 is 0 Å². The van der Waals surface area contributed by atoms with Crippen LogP contribution in [0.3, 0.4) is 0 Å². The molecule has 0 aromatic heterocycles. The third-order valence-corrected chi connectivity index (χ3v) is 2.64. The van der Waals surface area contributed by atoms with E-state index in [1.807, 2.05) is 0 Å². The molecule has 0 radical (unpaired) electrons. The lowest BCUT2D eigenvalue weighted by Gasteiger charge is -1.95. The van der Waals surface area contributed by atoms with Crippen LogP contribution in [0.5, 0.6) is 0 Å². The summed E-state index contributed by atoms with van der Waals surface area (Å²) >= 11 is 0. The molecular formula is C16H12O6. The third-order valence-electron chi connectivity index (χ3n) is 2.64. The number of hydrogen-bond donors (Lipinski definition) is 2. The number of aromatic carboxylic acids is 2. The van der Waals surface area contributed by atoms with Gasteiger partial charge in [-0.15, -0.1) is 0 Å². The molecule has 0 bridgehead atoms. The number of aldehydes is 2. The molecule has 0 aliphatic heterocycles. The van der Waals surface area contributed by atoms with Gasteiger partial charge in [0.25, 0.3) is 0 Å². The maximum Gasteiger partial charge on any atom is 0.336 e. The molecule has 0 heterocycles. The Kier molecular flexibility index (Phi) is 6.18. The minimum atomic E-state index is -1.08. The van der Waals surface area contributed by atoms with Crippen LogP contribution in [0.15, 0.2) is 48.5 Å². The first kappa shape index (κ1) is 16.8. The van der Waals surface area contributed by atoms with Crippen molar-refractivity contribution in [3.8, 4) is 0 Å². The summed E-state index contributed by atoms with van der Waals surface area (Å²) in [4.78, 5) is 41.4. The molecule has 2 aromatic rings. The SMILES string of the molecule is O=Cc1ccccc1C(=O)O.O=Cc1ccccc1C(=O)O. The van der Waals surface area contributed by atoms with Gasteiger partial charge in [-0.1, -0.05) is 36.4 Å². The van der Waals surface area contributed by atoms with E-state index in [0.717, 1.165) is 0 Å². The fourth-order valence-electron chi connectivity index (χ4n) is 1.59. The van der Waals surface area contributed by atoms with Gasteiger partial charge in [0.1, 0.15) is 0 Å². The zero-order chi connectivity index (χ0) is 16.5. The van der Waals surface area contributed by atoms with E-state index in [-0.39, 0.29) is 22.3 Å². The van der Waals surface area contributed by atoms with Crippen LogP contribution in [-0.2, 0) is 0 Å². The molecular weight excluding hydrogens is 288 g/mol. The summed E-state index contributed by atoms with van der Waals surface area (Å²) in [5, 5.41) is 17.1. The highest BCUT2D eigenvalue weighted by atomic mass is 16.4. The average molecular weight is 300 g/mol. The van der Waals surface area contributed by atoms with Gasteiger partial charge in [-0.3, -0.25) is 9.59 Å². The molecule has 0 aliphatic carbocycles. The Labute approximate surface area is 125 Å². The van der Waals surface area contributed by atoms with Gasteiger partial charge in [0.05, 0.1) is 11.1 Å². The number of carboxylic acid groups (broad SMARTS) is 2. The molecule has 112 valence electrons. The van der Waals surface area contributed by atoms with Gasteiger partial charge in [0.2, 0.25) is 0 Å². The number of rotatable bonds is 4. The quantitative estimate of drug-likeness (QED) is 0.839. The Hall–Kier alpha value is -3.28. The topological polar surface area (TPSA) is 109 Å². The van der Waals surface area contributed by atoms with E-state index >= 15 is 0 Å². The third kappa shape index (κ3) is 4.38. The zero-order valence-corrected chi connectivity index (χ0v) is 11.3. The second-order valence-electron chi connectivity index (χ2n) is 4.02. The summed E-state index contributed by atoms with van der Waals surface area (Å²) in [6, 6.07) is 12.1. The minimum absolute atomic E-state index is 0.0440. The molecule has 0 unspecified atom stereocenters. The molecule has 0 saturated heterocycles. The number of carbonyl (C=O) groups excluding carboxylic acids is 2. The second kappa shape index (κ2) is 8.11. The normalized spacial score (nSPS) is 9.09. The highest BCUT2D eigenvalue weighted by molar-refractivity contribution is 5.97. The van der Waals surface area contributed by atoms with E-state index < -0.39 is 11.9 Å². The van der Waals surface area contributed by atoms with E-state index in [1.54, 1.807) is 24.3 Å². The van der Waals surface area contributed by atoms with Crippen molar-refractivity contribution in [2.75, 3.05) is 0 Å². The van der Waals surface area contributed by atoms with E-state index in [1.165, 1.54) is 24.3 Å². The number of benzene rings is 2. The largest absolute Gasteiger partial charge is 0.478 e. The number of hydrogen-bond acceptors (Lipinski definition) is 4. The van der Waals surface area contributed by atoms with Crippen LogP contribution in [0.4, 0.5) is 0 Å². The lowest BCUT2D eigenvalue weighted by atomic mass is 10.1. The first-order valence-electron chi connectivity index (χ1n) is 6.06. The molecule has 0 fully saturated rings. The summed E-state index contributed by atoms with van der Waals surface area (Å²) in [7, 11) is 0. The summed E-state index contributed by atoms with van der Waals surface area (Å²) in [5.74, 6) is -2.15. The molecule has 2 aromatic carbocycles. The number of carboxylic acids is 2. The van der Waals surface area contributed by atoms with Crippen LogP contribution in [0.25, 0.3) is 0 Å². The van der Waals surface area contributed by atoms with Crippen molar-refractivity contribution in [2.45, 2.75) is 0 Å². The first-order chi connectivity index (χ1) is 10.5. The standard InChI is InChI=1S/2C8H6O3/c2*9-5-6-3-1-2-4-7(6)8(10)11/h2*1-5H,(H,10,11). The minimum Gasteiger partial charge on any atom is -0.478 e. The fraction of sp³-hybridized carbons (Fsp3) is 0. The van der Waals surface area contributed by atoms with Crippen molar-refractivity contribution >= 4 is 24.5 Å². The van der Waals surface area contributed by atoms with Crippen molar-refractivity contribution in [1.29, 1.82) is 0 Å². The van der Waals surface area contributed by atoms with Crippen molar-refractivity contribution in [3.05, 3.63) is 70.8 Å². The monoisotopic (exact) mass is 300 g/mol. The van der Waals surface area contributed by atoms with Crippen molar-refractivity contribution in [1.82, 2.24) is 0 Å². The first-order valence-corrected chi connectivity index (χ1v) is 6.06. The van der Waals surface area contributed by atoms with Gasteiger partial charge in [0, 0.05) is 11.1 Å². The van der Waals surface area contributed by atoms with Gasteiger partial charge in [-0.2, -0.15) is 0 Å². The van der Waals surface area contributed by atoms with Crippen LogP contribution in [0.1, 0.15) is 41.4 Å². The highest BCUT2D eigenvalue weighted by Crippen LogP contribution is 2.05. The molecule has 0 atom stereocenters. The van der Waals surface area contributed by atoms with Crippen LogP contribution in [-0.4, -0.2) is 34.7 Å². The molecule has 0 amide bonds. The van der Waals surface area contributed by atoms with Crippen LogP contribution < -0.4 is 0 Å². The Balaban J connectivity index is 0.000000220. The zero-order valence-electron chi connectivity index (χ0n) is 11.3. The molecule has 0 spiro atoms. The molecule has 2 rings (SSSR count). The molecule has 6 heteroatoms. The Morgan fingerprint density at radius 3 is 1.23 bits per heavy atom. The lowest BCUT2D eigenvalue weighted by molar-refractivity contribution is 0.0684. The summed E-state index contributed by atoms with van der Waals surface area (Å²) in [6.45, 7) is 0. The molecule has 0 saturated carbocycles. The van der Waals surface area contributed by atoms with Gasteiger partial charge in [-0.05, 0) is 12.1 Å². The molecule has 0 aliphatic rings. The number of carbonyl (C=O) groups is 4. The summed E-state index contributed by atoms with van der Waals surface area (Å²) in [6.07, 6.45) is 1.06. The predicted octanol–water partition coefficient (Wildman–Crippen LogP) is 2.39. The van der Waals surface area contributed by atoms with E-state index in [9.17, 15) is 19.2 Å². The summed E-state index contributed by atoms with van der Waals surface area (Å²) in [5.41, 5.74) is 0.505. The van der Waals surface area contributed by atoms with Gasteiger partial charge in [0.15, 0.2) is 12.6 Å². The van der Waals surface area contributed by atoms with Crippen molar-refractivity contribution < 1.29 is 29.4 Å². The van der Waals surface area contributed by atoms with Crippen molar-refractivity contribution in [2.24, 2.45) is 0 Å². The Morgan fingerprint density at radius 1 is 0.682 bits per heavy atom. The average Bonchev–Trinajstić information content (AvgIpc) is 2.55. The van der Waals surface area contributed by atoms with Crippen molar-refractivity contribution in [3.63, 3.8) is 0 Å². The van der Waals surface area contributed by atoms with Crippen LogP contribution in [0.2, 0.25) is 0 Å². The molecule has 2 N–H and O–H groups in total.